The molecule has 1 unspecified atom stereocenters. The Morgan fingerprint density at radius 3 is 2.58 bits per heavy atom. The Bertz CT molecular complexity index is 507. The second-order valence-electron chi connectivity index (χ2n) is 4.44. The lowest BCUT2D eigenvalue weighted by molar-refractivity contribution is 0.408. The van der Waals surface area contributed by atoms with E-state index in [1.807, 2.05) is 11.4 Å². The Labute approximate surface area is 118 Å². The monoisotopic (exact) mass is 276 g/mol. The van der Waals surface area contributed by atoms with Gasteiger partial charge in [0.05, 0.1) is 18.0 Å². The SMILES string of the molecule is CCCc1ccc(C(NN)c2sccc2OC)cc1. The fourth-order valence-electron chi connectivity index (χ4n) is 2.18. The summed E-state index contributed by atoms with van der Waals surface area (Å²) in [5.74, 6) is 6.60. The largest absolute Gasteiger partial charge is 0.496 e. The normalized spacial score (nSPS) is 12.4. The van der Waals surface area contributed by atoms with Crippen molar-refractivity contribution in [2.45, 2.75) is 25.8 Å². The van der Waals surface area contributed by atoms with Crippen molar-refractivity contribution in [3.8, 4) is 5.75 Å². The first-order valence-electron chi connectivity index (χ1n) is 6.46. The summed E-state index contributed by atoms with van der Waals surface area (Å²) in [5.41, 5.74) is 5.39. The molecule has 2 rings (SSSR count). The fraction of sp³-hybridized carbons (Fsp3) is 0.333. The first-order chi connectivity index (χ1) is 9.30. The third-order valence-electron chi connectivity index (χ3n) is 3.16. The summed E-state index contributed by atoms with van der Waals surface area (Å²) >= 11 is 1.65. The fourth-order valence-corrected chi connectivity index (χ4v) is 3.12. The van der Waals surface area contributed by atoms with Crippen LogP contribution in [0, 0.1) is 0 Å². The molecule has 3 N–H and O–H groups in total. The van der Waals surface area contributed by atoms with E-state index < -0.39 is 0 Å². The van der Waals surface area contributed by atoms with E-state index in [4.69, 9.17) is 10.6 Å². The highest BCUT2D eigenvalue weighted by Crippen LogP contribution is 2.34. The van der Waals surface area contributed by atoms with Crippen molar-refractivity contribution in [3.63, 3.8) is 0 Å². The van der Waals surface area contributed by atoms with Gasteiger partial charge in [-0.15, -0.1) is 11.3 Å². The minimum absolute atomic E-state index is 0.0226. The van der Waals surface area contributed by atoms with Crippen molar-refractivity contribution in [2.24, 2.45) is 5.84 Å². The molecule has 4 heteroatoms. The van der Waals surface area contributed by atoms with E-state index in [9.17, 15) is 0 Å². The molecule has 19 heavy (non-hydrogen) atoms. The molecule has 0 spiro atoms. The van der Waals surface area contributed by atoms with Gasteiger partial charge in [-0.05, 0) is 29.0 Å². The van der Waals surface area contributed by atoms with Crippen LogP contribution in [-0.4, -0.2) is 7.11 Å². The molecule has 0 radical (unpaired) electrons. The summed E-state index contributed by atoms with van der Waals surface area (Å²) in [5, 5.41) is 2.02. The zero-order valence-corrected chi connectivity index (χ0v) is 12.2. The standard InChI is InChI=1S/C15H20N2OS/c1-3-4-11-5-7-12(8-6-11)14(17-16)15-13(18-2)9-10-19-15/h5-10,14,17H,3-4,16H2,1-2H3. The zero-order valence-electron chi connectivity index (χ0n) is 11.3. The number of nitrogens with two attached hydrogens (primary N) is 1. The molecule has 0 aliphatic heterocycles. The Kier molecular flexibility index (Phi) is 4.96. The summed E-state index contributed by atoms with van der Waals surface area (Å²) in [6.45, 7) is 2.19. The quantitative estimate of drug-likeness (QED) is 0.629. The van der Waals surface area contributed by atoms with Gasteiger partial charge in [-0.2, -0.15) is 0 Å². The Hall–Kier alpha value is -1.36. The van der Waals surface area contributed by atoms with Crippen LogP contribution in [0.5, 0.6) is 5.75 Å². The second kappa shape index (κ2) is 6.70. The van der Waals surface area contributed by atoms with E-state index in [1.54, 1.807) is 18.4 Å². The highest BCUT2D eigenvalue weighted by Gasteiger charge is 2.18. The molecule has 0 aliphatic carbocycles. The maximum absolute atomic E-state index is 5.72. The summed E-state index contributed by atoms with van der Waals surface area (Å²) in [6, 6.07) is 10.6. The molecule has 0 fully saturated rings. The Morgan fingerprint density at radius 1 is 1.26 bits per heavy atom. The number of aryl methyl sites for hydroxylation is 1. The number of ether oxygens (including phenoxy) is 1. The first-order valence-corrected chi connectivity index (χ1v) is 7.34. The lowest BCUT2D eigenvalue weighted by Crippen LogP contribution is -2.28. The van der Waals surface area contributed by atoms with Crippen LogP contribution in [0.2, 0.25) is 0 Å². The van der Waals surface area contributed by atoms with E-state index >= 15 is 0 Å². The minimum Gasteiger partial charge on any atom is -0.496 e. The van der Waals surface area contributed by atoms with Crippen LogP contribution in [0.4, 0.5) is 0 Å². The van der Waals surface area contributed by atoms with Crippen molar-refractivity contribution >= 4 is 11.3 Å². The molecule has 1 atom stereocenters. The number of rotatable bonds is 6. The number of hydrogen-bond donors (Lipinski definition) is 2. The highest BCUT2D eigenvalue weighted by molar-refractivity contribution is 7.10. The number of hydrazine groups is 1. The van der Waals surface area contributed by atoms with Crippen molar-refractivity contribution in [3.05, 3.63) is 51.7 Å². The van der Waals surface area contributed by atoms with Gasteiger partial charge in [-0.3, -0.25) is 5.84 Å². The van der Waals surface area contributed by atoms with Crippen LogP contribution in [0.15, 0.2) is 35.7 Å². The summed E-state index contributed by atoms with van der Waals surface area (Å²) in [4.78, 5) is 1.10. The van der Waals surface area contributed by atoms with Crippen LogP contribution >= 0.6 is 11.3 Å². The average molecular weight is 276 g/mol. The van der Waals surface area contributed by atoms with Gasteiger partial charge in [0.2, 0.25) is 0 Å². The van der Waals surface area contributed by atoms with Crippen LogP contribution in [-0.2, 0) is 6.42 Å². The van der Waals surface area contributed by atoms with Crippen molar-refractivity contribution < 1.29 is 4.74 Å². The lowest BCUT2D eigenvalue weighted by atomic mass is 10.0. The summed E-state index contributed by atoms with van der Waals surface area (Å²) in [6.07, 6.45) is 2.28. The van der Waals surface area contributed by atoms with Gasteiger partial charge < -0.3 is 4.74 Å². The number of hydrogen-bond acceptors (Lipinski definition) is 4. The van der Waals surface area contributed by atoms with Crippen LogP contribution in [0.25, 0.3) is 0 Å². The van der Waals surface area contributed by atoms with Gasteiger partial charge in [0.15, 0.2) is 0 Å². The molecule has 1 aromatic heterocycles. The third kappa shape index (κ3) is 3.15. The third-order valence-corrected chi connectivity index (χ3v) is 4.12. The number of methoxy groups -OCH3 is 1. The van der Waals surface area contributed by atoms with Gasteiger partial charge in [0, 0.05) is 0 Å². The predicted molar refractivity (Wildman–Crippen MR) is 80.5 cm³/mol. The molecule has 0 bridgehead atoms. The number of thiophene rings is 1. The lowest BCUT2D eigenvalue weighted by Gasteiger charge is -2.16. The van der Waals surface area contributed by atoms with Crippen LogP contribution in [0.3, 0.4) is 0 Å². The van der Waals surface area contributed by atoms with E-state index in [0.29, 0.717) is 0 Å². The van der Waals surface area contributed by atoms with Gasteiger partial charge in [0.25, 0.3) is 0 Å². The van der Waals surface area contributed by atoms with Crippen LogP contribution in [0.1, 0.15) is 35.4 Å². The minimum atomic E-state index is -0.0226. The second-order valence-corrected chi connectivity index (χ2v) is 5.39. The molecule has 1 heterocycles. The maximum Gasteiger partial charge on any atom is 0.134 e. The Balaban J connectivity index is 2.26. The van der Waals surface area contributed by atoms with Crippen molar-refractivity contribution in [2.75, 3.05) is 7.11 Å². The summed E-state index contributed by atoms with van der Waals surface area (Å²) in [7, 11) is 1.68. The molecule has 102 valence electrons. The van der Waals surface area contributed by atoms with Gasteiger partial charge in [-0.1, -0.05) is 37.6 Å². The number of nitrogens with one attached hydrogen (secondary N) is 1. The molecule has 3 nitrogen and oxygen atoms in total. The molecule has 0 saturated carbocycles. The first kappa shape index (κ1) is 14.1. The molecule has 0 amide bonds. The topological polar surface area (TPSA) is 47.3 Å². The molecular weight excluding hydrogens is 256 g/mol. The van der Waals surface area contributed by atoms with E-state index in [-0.39, 0.29) is 6.04 Å². The molecule has 1 aromatic carbocycles. The smallest absolute Gasteiger partial charge is 0.134 e. The van der Waals surface area contributed by atoms with E-state index in [2.05, 4.69) is 36.6 Å². The van der Waals surface area contributed by atoms with Crippen LogP contribution < -0.4 is 16.0 Å². The van der Waals surface area contributed by atoms with Gasteiger partial charge >= 0.3 is 0 Å². The molecule has 0 aliphatic rings. The van der Waals surface area contributed by atoms with Gasteiger partial charge in [-0.25, -0.2) is 5.43 Å². The summed E-state index contributed by atoms with van der Waals surface area (Å²) < 4.78 is 5.37. The van der Waals surface area contributed by atoms with Crippen molar-refractivity contribution in [1.82, 2.24) is 5.43 Å². The van der Waals surface area contributed by atoms with E-state index in [1.165, 1.54) is 5.56 Å². The predicted octanol–water partition coefficient (Wildman–Crippen LogP) is 3.26. The van der Waals surface area contributed by atoms with Gasteiger partial charge in [0.1, 0.15) is 5.75 Å². The molecule has 0 saturated heterocycles. The average Bonchev–Trinajstić information content (AvgIpc) is 2.90. The highest BCUT2D eigenvalue weighted by atomic mass is 32.1. The Morgan fingerprint density at radius 2 is 2.00 bits per heavy atom. The van der Waals surface area contributed by atoms with E-state index in [0.717, 1.165) is 29.0 Å². The number of benzene rings is 1. The zero-order chi connectivity index (χ0) is 13.7. The van der Waals surface area contributed by atoms with Crippen molar-refractivity contribution in [1.29, 1.82) is 0 Å². The maximum atomic E-state index is 5.72. The molecular formula is C15H20N2OS. The molecule has 2 aromatic rings.